The van der Waals surface area contributed by atoms with Crippen LogP contribution in [0.25, 0.3) is 11.4 Å². The number of nitrogens with one attached hydrogen (secondary N) is 1. The number of rotatable bonds is 5. The molecule has 0 bridgehead atoms. The van der Waals surface area contributed by atoms with Crippen LogP contribution in [0.2, 0.25) is 0 Å². The lowest BCUT2D eigenvalue weighted by Crippen LogP contribution is -2.31. The van der Waals surface area contributed by atoms with Gasteiger partial charge in [0.1, 0.15) is 22.9 Å². The van der Waals surface area contributed by atoms with Gasteiger partial charge in [0, 0.05) is 11.1 Å². The molecule has 0 amide bonds. The first-order valence-electron chi connectivity index (χ1n) is 11.9. The highest BCUT2D eigenvalue weighted by Crippen LogP contribution is 2.44. The Balaban J connectivity index is 1.69. The minimum Gasteiger partial charge on any atom is -0.406 e. The number of para-hydroxylation sites is 1. The highest BCUT2D eigenvalue weighted by molar-refractivity contribution is 7.92. The zero-order valence-electron chi connectivity index (χ0n) is 21.4. The van der Waals surface area contributed by atoms with E-state index in [9.17, 15) is 39.9 Å². The Morgan fingerprint density at radius 3 is 2.26 bits per heavy atom. The number of fused-ring (bicyclic) bond motifs is 2. The van der Waals surface area contributed by atoms with Crippen LogP contribution in [-0.4, -0.2) is 35.0 Å². The summed E-state index contributed by atoms with van der Waals surface area (Å²) in [4.78, 5) is 7.36. The maximum Gasteiger partial charge on any atom is 0.573 e. The molecule has 2 N–H and O–H groups in total. The van der Waals surface area contributed by atoms with Gasteiger partial charge in [0.2, 0.25) is 5.82 Å². The Morgan fingerprint density at radius 2 is 1.67 bits per heavy atom. The number of aromatic nitrogens is 3. The fourth-order valence-corrected chi connectivity index (χ4v) is 5.54. The Bertz CT molecular complexity index is 1750. The minimum atomic E-state index is -5.01. The monoisotopic (exact) mass is 615 g/mol. The number of nitrogens with zero attached hydrogens (tertiary/aromatic N) is 4. The van der Waals surface area contributed by atoms with E-state index in [1.54, 1.807) is 0 Å². The number of benzene rings is 2. The van der Waals surface area contributed by atoms with Crippen LogP contribution in [0.1, 0.15) is 31.0 Å². The van der Waals surface area contributed by atoms with E-state index >= 15 is 0 Å². The van der Waals surface area contributed by atoms with Gasteiger partial charge in [-0.1, -0.05) is 17.3 Å². The summed E-state index contributed by atoms with van der Waals surface area (Å²) in [7, 11) is -4.62. The van der Waals surface area contributed by atoms with Crippen LogP contribution >= 0.6 is 0 Å². The summed E-state index contributed by atoms with van der Waals surface area (Å²) in [6.07, 6.45) is -9.80. The molecule has 0 saturated carbocycles. The van der Waals surface area contributed by atoms with Crippen molar-refractivity contribution in [3.63, 3.8) is 0 Å². The van der Waals surface area contributed by atoms with Crippen LogP contribution in [0, 0.1) is 0 Å². The second-order valence-corrected chi connectivity index (χ2v) is 11.4. The van der Waals surface area contributed by atoms with Gasteiger partial charge in [-0.2, -0.15) is 18.2 Å². The van der Waals surface area contributed by atoms with Crippen molar-refractivity contribution in [2.24, 2.45) is 0 Å². The van der Waals surface area contributed by atoms with Crippen LogP contribution in [0.3, 0.4) is 0 Å². The number of hydrogen-bond donors (Lipinski definition) is 2. The molecule has 1 aliphatic rings. The van der Waals surface area contributed by atoms with E-state index in [1.807, 2.05) is 0 Å². The van der Waals surface area contributed by atoms with Gasteiger partial charge in [-0.3, -0.25) is 4.31 Å². The van der Waals surface area contributed by atoms with Crippen molar-refractivity contribution in [1.29, 1.82) is 0 Å². The van der Waals surface area contributed by atoms with Crippen molar-refractivity contribution >= 4 is 27.2 Å². The molecule has 42 heavy (non-hydrogen) atoms. The van der Waals surface area contributed by atoms with E-state index in [1.165, 1.54) is 32.0 Å². The standard InChI is InChI=1S/C25H19F6N5O5S/c1-23(2,37)22-34-21(35-41-22)16-4-3-5-17-19(16)36(12-13-6-11-18(24(26,27)28)33-20(13)32-17)42(38,39)15-9-7-14(8-10-15)40-25(29,30)31/h3-11,37H,12H2,1-2H3,(H,32,33). The van der Waals surface area contributed by atoms with Crippen LogP contribution in [0.15, 0.2) is 64.0 Å². The molecule has 1 aliphatic heterocycles. The molecule has 4 aromatic rings. The quantitative estimate of drug-likeness (QED) is 0.270. The number of hydrogen-bond acceptors (Lipinski definition) is 9. The van der Waals surface area contributed by atoms with Crippen molar-refractivity contribution in [2.45, 2.75) is 43.4 Å². The molecule has 3 heterocycles. The summed E-state index contributed by atoms with van der Waals surface area (Å²) >= 11 is 0. The molecule has 5 rings (SSSR count). The molecule has 2 aromatic heterocycles. The molecular formula is C25H19F6N5O5S. The Hall–Kier alpha value is -4.38. The maximum absolute atomic E-state index is 14.0. The minimum absolute atomic E-state index is 0.00622. The van der Waals surface area contributed by atoms with Crippen molar-refractivity contribution in [1.82, 2.24) is 15.1 Å². The predicted octanol–water partition coefficient (Wildman–Crippen LogP) is 5.73. The van der Waals surface area contributed by atoms with Crippen molar-refractivity contribution in [2.75, 3.05) is 9.62 Å². The summed E-state index contributed by atoms with van der Waals surface area (Å²) in [5.41, 5.74) is -2.82. The van der Waals surface area contributed by atoms with Crippen LogP contribution in [0.5, 0.6) is 5.75 Å². The number of halogens is 6. The lowest BCUT2D eigenvalue weighted by atomic mass is 10.1. The average molecular weight is 616 g/mol. The molecule has 0 fully saturated rings. The number of alkyl halides is 6. The highest BCUT2D eigenvalue weighted by Gasteiger charge is 2.37. The van der Waals surface area contributed by atoms with E-state index in [0.717, 1.165) is 34.6 Å². The number of pyridine rings is 1. The molecule has 0 aliphatic carbocycles. The molecule has 0 radical (unpaired) electrons. The zero-order valence-corrected chi connectivity index (χ0v) is 22.3. The van der Waals surface area contributed by atoms with Gasteiger partial charge in [0.05, 0.1) is 22.8 Å². The molecule has 0 saturated heterocycles. The normalized spacial score (nSPS) is 14.1. The van der Waals surface area contributed by atoms with Gasteiger partial charge in [0.25, 0.3) is 15.9 Å². The lowest BCUT2D eigenvalue weighted by Gasteiger charge is -2.26. The largest absolute Gasteiger partial charge is 0.573 e. The molecule has 17 heteroatoms. The first-order chi connectivity index (χ1) is 19.4. The first kappa shape index (κ1) is 29.1. The van der Waals surface area contributed by atoms with Gasteiger partial charge in [-0.25, -0.2) is 13.4 Å². The number of aliphatic hydroxyl groups is 1. The fraction of sp³-hybridized carbons (Fsp3) is 0.240. The number of ether oxygens (including phenoxy) is 1. The third-order valence-corrected chi connectivity index (χ3v) is 7.72. The van der Waals surface area contributed by atoms with Crippen LogP contribution < -0.4 is 14.4 Å². The zero-order chi connectivity index (χ0) is 30.7. The second kappa shape index (κ2) is 9.87. The molecule has 0 unspecified atom stereocenters. The smallest absolute Gasteiger partial charge is 0.406 e. The molecule has 0 spiro atoms. The van der Waals surface area contributed by atoms with Crippen LogP contribution in [-0.2, 0) is 28.3 Å². The summed E-state index contributed by atoms with van der Waals surface area (Å²) in [5, 5.41) is 16.9. The fourth-order valence-electron chi connectivity index (χ4n) is 4.06. The summed E-state index contributed by atoms with van der Waals surface area (Å²) in [5.74, 6) is -1.30. The third-order valence-electron chi connectivity index (χ3n) is 5.96. The van der Waals surface area contributed by atoms with E-state index in [-0.39, 0.29) is 40.0 Å². The van der Waals surface area contributed by atoms with Gasteiger partial charge < -0.3 is 19.7 Å². The predicted molar refractivity (Wildman–Crippen MR) is 134 cm³/mol. The third kappa shape index (κ3) is 5.69. The summed E-state index contributed by atoms with van der Waals surface area (Å²) in [6.45, 7) is 2.21. The van der Waals surface area contributed by atoms with Gasteiger partial charge >= 0.3 is 12.5 Å². The Morgan fingerprint density at radius 1 is 0.976 bits per heavy atom. The van der Waals surface area contributed by atoms with Crippen molar-refractivity contribution in [3.05, 3.63) is 71.7 Å². The van der Waals surface area contributed by atoms with E-state index in [0.29, 0.717) is 6.07 Å². The van der Waals surface area contributed by atoms with Crippen molar-refractivity contribution in [3.8, 4) is 17.1 Å². The van der Waals surface area contributed by atoms with Gasteiger partial charge in [0.15, 0.2) is 0 Å². The van der Waals surface area contributed by atoms with Crippen molar-refractivity contribution < 1.29 is 49.1 Å². The number of anilines is 3. The number of sulfonamides is 1. The molecule has 0 atom stereocenters. The lowest BCUT2D eigenvalue weighted by molar-refractivity contribution is -0.274. The summed E-state index contributed by atoms with van der Waals surface area (Å²) < 4.78 is 116. The summed E-state index contributed by atoms with van der Waals surface area (Å²) in [6, 6.07) is 9.42. The maximum atomic E-state index is 14.0. The SMILES string of the molecule is CC(C)(O)c1nc(-c2cccc3c2N(S(=O)(=O)c2ccc(OC(F)(F)F)cc2)Cc2ccc(C(F)(F)F)nc2N3)no1. The Labute approximate surface area is 233 Å². The molecular weight excluding hydrogens is 596 g/mol. The topological polar surface area (TPSA) is 131 Å². The molecule has 2 aromatic carbocycles. The van der Waals surface area contributed by atoms with Gasteiger partial charge in [-0.05, 0) is 56.3 Å². The van der Waals surface area contributed by atoms with E-state index in [4.69, 9.17) is 4.52 Å². The van der Waals surface area contributed by atoms with E-state index in [2.05, 4.69) is 25.2 Å². The van der Waals surface area contributed by atoms with E-state index < -0.39 is 51.0 Å². The first-order valence-corrected chi connectivity index (χ1v) is 13.3. The van der Waals surface area contributed by atoms with Crippen LogP contribution in [0.4, 0.5) is 43.5 Å². The Kier molecular flexibility index (Phi) is 6.84. The second-order valence-electron chi connectivity index (χ2n) is 9.54. The highest BCUT2D eigenvalue weighted by atomic mass is 32.2. The van der Waals surface area contributed by atoms with Gasteiger partial charge in [-0.15, -0.1) is 13.2 Å². The average Bonchev–Trinajstić information content (AvgIpc) is 3.31. The molecule has 10 nitrogen and oxygen atoms in total. The molecule has 222 valence electrons.